The van der Waals surface area contributed by atoms with Gasteiger partial charge in [-0.25, -0.2) is 0 Å². The van der Waals surface area contributed by atoms with Gasteiger partial charge in [0.05, 0.1) is 12.0 Å². The number of aryl methyl sites for hydroxylation is 1. The summed E-state index contributed by atoms with van der Waals surface area (Å²) in [6.45, 7) is 2.04. The Morgan fingerprint density at radius 1 is 1.12 bits per heavy atom. The number of hydrogen-bond acceptors (Lipinski definition) is 5. The van der Waals surface area contributed by atoms with E-state index < -0.39 is 0 Å². The number of benzene rings is 2. The third-order valence-corrected chi connectivity index (χ3v) is 4.31. The predicted molar refractivity (Wildman–Crippen MR) is 94.5 cm³/mol. The molecule has 0 spiro atoms. The molecule has 1 aromatic heterocycles. The van der Waals surface area contributed by atoms with Gasteiger partial charge >= 0.3 is 6.01 Å². The maximum Gasteiger partial charge on any atom is 0.322 e. The van der Waals surface area contributed by atoms with Crippen LogP contribution in [0.5, 0.6) is 0 Å². The molecule has 0 unspecified atom stereocenters. The van der Waals surface area contributed by atoms with Crippen molar-refractivity contribution in [1.82, 2.24) is 10.2 Å². The van der Waals surface area contributed by atoms with Crippen LogP contribution in [0, 0.1) is 6.92 Å². The Morgan fingerprint density at radius 3 is 2.62 bits per heavy atom. The van der Waals surface area contributed by atoms with Crippen molar-refractivity contribution >= 4 is 23.7 Å². The summed E-state index contributed by atoms with van der Waals surface area (Å²) >= 11 is 1.51. The van der Waals surface area contributed by atoms with E-state index in [4.69, 9.17) is 4.42 Å². The Hall–Kier alpha value is -2.60. The van der Waals surface area contributed by atoms with Gasteiger partial charge in [-0.3, -0.25) is 10.1 Å². The first-order valence-electron chi connectivity index (χ1n) is 7.48. The highest BCUT2D eigenvalue weighted by molar-refractivity contribution is 7.98. The first-order valence-corrected chi connectivity index (χ1v) is 8.70. The minimum atomic E-state index is -0.259. The summed E-state index contributed by atoms with van der Waals surface area (Å²) in [7, 11) is 0. The maximum absolute atomic E-state index is 12.3. The molecule has 0 saturated carbocycles. The lowest BCUT2D eigenvalue weighted by Gasteiger charge is -2.05. The summed E-state index contributed by atoms with van der Waals surface area (Å²) in [6, 6.07) is 15.6. The lowest BCUT2D eigenvalue weighted by atomic mass is 10.1. The average Bonchev–Trinajstić information content (AvgIpc) is 3.03. The second kappa shape index (κ2) is 7.31. The highest BCUT2D eigenvalue weighted by Crippen LogP contribution is 2.21. The zero-order valence-corrected chi connectivity index (χ0v) is 14.3. The number of anilines is 1. The van der Waals surface area contributed by atoms with E-state index in [9.17, 15) is 4.79 Å². The van der Waals surface area contributed by atoms with Crippen LogP contribution in [0.4, 0.5) is 6.01 Å². The van der Waals surface area contributed by atoms with Gasteiger partial charge in [-0.15, -0.1) is 16.9 Å². The molecule has 0 bridgehead atoms. The van der Waals surface area contributed by atoms with Gasteiger partial charge in [0.1, 0.15) is 0 Å². The molecule has 0 aliphatic heterocycles. The summed E-state index contributed by atoms with van der Waals surface area (Å²) < 4.78 is 5.52. The number of thioether (sulfide) groups is 1. The monoisotopic (exact) mass is 339 g/mol. The molecule has 0 aliphatic rings. The van der Waals surface area contributed by atoms with Gasteiger partial charge in [-0.1, -0.05) is 47.1 Å². The molecule has 0 fully saturated rings. The number of nitrogens with zero attached hydrogens (tertiary/aromatic N) is 2. The number of nitrogens with one attached hydrogen (secondary N) is 1. The summed E-state index contributed by atoms with van der Waals surface area (Å²) in [4.78, 5) is 13.2. The molecule has 0 saturated heterocycles. The fourth-order valence-corrected chi connectivity index (χ4v) is 2.85. The Bertz CT molecular complexity index is 843. The van der Waals surface area contributed by atoms with Gasteiger partial charge in [0.2, 0.25) is 5.89 Å². The Labute approximate surface area is 144 Å². The molecule has 1 amide bonds. The molecule has 1 heterocycles. The maximum atomic E-state index is 12.3. The van der Waals surface area contributed by atoms with Crippen molar-refractivity contribution in [3.63, 3.8) is 0 Å². The number of rotatable bonds is 5. The van der Waals surface area contributed by atoms with Crippen molar-refractivity contribution in [3.05, 3.63) is 71.1 Å². The Kier molecular flexibility index (Phi) is 4.96. The van der Waals surface area contributed by atoms with Gasteiger partial charge in [0, 0.05) is 4.90 Å². The highest BCUT2D eigenvalue weighted by atomic mass is 32.2. The standard InChI is InChI=1S/C18H17N3O2S/c1-12-7-9-13(10-8-12)11-16-20-21-18(23-16)19-17(22)14-5-3-4-6-15(14)24-2/h3-10H,11H2,1-2H3,(H,19,21,22). The van der Waals surface area contributed by atoms with Crippen LogP contribution in [-0.2, 0) is 6.42 Å². The third kappa shape index (κ3) is 3.83. The number of carbonyl (C=O) groups is 1. The molecular weight excluding hydrogens is 322 g/mol. The molecule has 3 aromatic rings. The zero-order valence-electron chi connectivity index (χ0n) is 13.4. The van der Waals surface area contributed by atoms with Crippen LogP contribution >= 0.6 is 11.8 Å². The smallest absolute Gasteiger partial charge is 0.322 e. The molecule has 2 aromatic carbocycles. The summed E-state index contributed by atoms with van der Waals surface area (Å²) in [5, 5.41) is 10.5. The number of carbonyl (C=O) groups excluding carboxylic acids is 1. The van der Waals surface area contributed by atoms with Crippen LogP contribution in [0.2, 0.25) is 0 Å². The first kappa shape index (κ1) is 16.3. The number of aromatic nitrogens is 2. The molecular formula is C18H17N3O2S. The SMILES string of the molecule is CSc1ccccc1C(=O)Nc1nnc(Cc2ccc(C)cc2)o1. The number of hydrogen-bond donors (Lipinski definition) is 1. The molecule has 0 radical (unpaired) electrons. The van der Waals surface area contributed by atoms with Crippen molar-refractivity contribution in [1.29, 1.82) is 0 Å². The molecule has 3 rings (SSSR count). The molecule has 0 aliphatic carbocycles. The molecule has 6 heteroatoms. The van der Waals surface area contributed by atoms with E-state index in [1.165, 1.54) is 17.3 Å². The normalized spacial score (nSPS) is 10.6. The summed E-state index contributed by atoms with van der Waals surface area (Å²) in [5.41, 5.74) is 2.86. The fraction of sp³-hybridized carbons (Fsp3) is 0.167. The Morgan fingerprint density at radius 2 is 1.88 bits per heavy atom. The van der Waals surface area contributed by atoms with Crippen molar-refractivity contribution < 1.29 is 9.21 Å². The van der Waals surface area contributed by atoms with E-state index in [-0.39, 0.29) is 11.9 Å². The van der Waals surface area contributed by atoms with E-state index in [1.807, 2.05) is 55.6 Å². The average molecular weight is 339 g/mol. The second-order valence-electron chi connectivity index (χ2n) is 5.32. The minimum absolute atomic E-state index is 0.109. The van der Waals surface area contributed by atoms with E-state index >= 15 is 0 Å². The van der Waals surface area contributed by atoms with Crippen LogP contribution in [-0.4, -0.2) is 22.4 Å². The van der Waals surface area contributed by atoms with Crippen LogP contribution in [0.25, 0.3) is 0 Å². The fourth-order valence-electron chi connectivity index (χ4n) is 2.25. The van der Waals surface area contributed by atoms with Crippen molar-refractivity contribution in [2.45, 2.75) is 18.2 Å². The van der Waals surface area contributed by atoms with E-state index in [0.717, 1.165) is 10.5 Å². The summed E-state index contributed by atoms with van der Waals surface area (Å²) in [5.74, 6) is 0.206. The van der Waals surface area contributed by atoms with E-state index in [2.05, 4.69) is 15.5 Å². The van der Waals surface area contributed by atoms with Crippen molar-refractivity contribution in [2.24, 2.45) is 0 Å². The predicted octanol–water partition coefficient (Wildman–Crippen LogP) is 3.94. The number of amides is 1. The van der Waals surface area contributed by atoms with Gasteiger partial charge in [0.15, 0.2) is 0 Å². The lowest BCUT2D eigenvalue weighted by Crippen LogP contribution is -2.13. The molecule has 5 nitrogen and oxygen atoms in total. The van der Waals surface area contributed by atoms with E-state index in [0.29, 0.717) is 17.9 Å². The topological polar surface area (TPSA) is 68.0 Å². The molecule has 122 valence electrons. The quantitative estimate of drug-likeness (QED) is 0.713. The molecule has 24 heavy (non-hydrogen) atoms. The van der Waals surface area contributed by atoms with Crippen LogP contribution in [0.1, 0.15) is 27.4 Å². The highest BCUT2D eigenvalue weighted by Gasteiger charge is 2.14. The molecule has 0 atom stereocenters. The van der Waals surface area contributed by atoms with Crippen LogP contribution in [0.3, 0.4) is 0 Å². The van der Waals surface area contributed by atoms with E-state index in [1.54, 1.807) is 6.07 Å². The Balaban J connectivity index is 1.69. The third-order valence-electron chi connectivity index (χ3n) is 3.51. The van der Waals surface area contributed by atoms with Gasteiger partial charge in [-0.05, 0) is 30.9 Å². The largest absolute Gasteiger partial charge is 0.407 e. The van der Waals surface area contributed by atoms with Crippen LogP contribution < -0.4 is 5.32 Å². The molecule has 1 N–H and O–H groups in total. The lowest BCUT2D eigenvalue weighted by molar-refractivity contribution is 0.102. The first-order chi connectivity index (χ1) is 11.7. The zero-order chi connectivity index (χ0) is 16.9. The van der Waals surface area contributed by atoms with Crippen LogP contribution in [0.15, 0.2) is 57.8 Å². The van der Waals surface area contributed by atoms with Gasteiger partial charge in [0.25, 0.3) is 5.91 Å². The van der Waals surface area contributed by atoms with Gasteiger partial charge in [-0.2, -0.15) is 0 Å². The van der Waals surface area contributed by atoms with Crippen molar-refractivity contribution in [2.75, 3.05) is 11.6 Å². The van der Waals surface area contributed by atoms with Crippen molar-refractivity contribution in [3.8, 4) is 0 Å². The minimum Gasteiger partial charge on any atom is -0.407 e. The summed E-state index contributed by atoms with van der Waals surface area (Å²) in [6.07, 6.45) is 2.46. The van der Waals surface area contributed by atoms with Gasteiger partial charge < -0.3 is 4.42 Å². The second-order valence-corrected chi connectivity index (χ2v) is 6.17.